The second-order valence-electron chi connectivity index (χ2n) is 17.2. The van der Waals surface area contributed by atoms with Crippen molar-refractivity contribution in [3.8, 4) is 5.75 Å². The predicted molar refractivity (Wildman–Crippen MR) is 228 cm³/mol. The van der Waals surface area contributed by atoms with Crippen LogP contribution >= 0.6 is 0 Å². The van der Waals surface area contributed by atoms with E-state index in [1.165, 1.54) is 16.7 Å². The molecule has 302 valence electrons. The lowest BCUT2D eigenvalue weighted by Gasteiger charge is -2.32. The van der Waals surface area contributed by atoms with Crippen LogP contribution in [0.2, 0.25) is 0 Å². The largest absolute Gasteiger partial charge is 0.489 e. The number of rotatable bonds is 20. The van der Waals surface area contributed by atoms with Gasteiger partial charge in [-0.05, 0) is 130 Å². The molecule has 0 saturated carbocycles. The minimum Gasteiger partial charge on any atom is -0.489 e. The minimum atomic E-state index is -0.692. The van der Waals surface area contributed by atoms with Crippen molar-refractivity contribution in [2.45, 2.75) is 156 Å². The van der Waals surface area contributed by atoms with E-state index in [9.17, 15) is 9.59 Å². The van der Waals surface area contributed by atoms with Crippen LogP contribution in [0.4, 0.5) is 9.59 Å². The first-order valence-electron chi connectivity index (χ1n) is 20.6. The van der Waals surface area contributed by atoms with E-state index in [0.717, 1.165) is 67.7 Å². The summed E-state index contributed by atoms with van der Waals surface area (Å²) < 4.78 is 17.5. The van der Waals surface area contributed by atoms with E-state index in [2.05, 4.69) is 118 Å². The fourth-order valence-electron chi connectivity index (χ4n) is 6.74. The van der Waals surface area contributed by atoms with Gasteiger partial charge in [0, 0.05) is 30.1 Å². The number of hydrogen-bond acceptors (Lipinski definition) is 6. The highest BCUT2D eigenvalue weighted by molar-refractivity contribution is 5.88. The van der Waals surface area contributed by atoms with Crippen LogP contribution in [0.5, 0.6) is 5.75 Å². The summed E-state index contributed by atoms with van der Waals surface area (Å²) in [6, 6.07) is 28.9. The molecule has 0 spiro atoms. The van der Waals surface area contributed by atoms with Crippen LogP contribution in [-0.2, 0) is 16.1 Å². The Morgan fingerprint density at radius 3 is 1.78 bits per heavy atom. The maximum absolute atomic E-state index is 12.8. The fourth-order valence-corrected chi connectivity index (χ4v) is 6.74. The molecule has 0 aliphatic rings. The van der Waals surface area contributed by atoms with E-state index in [0.29, 0.717) is 25.1 Å². The van der Waals surface area contributed by atoms with Crippen LogP contribution in [0.15, 0.2) is 84.9 Å². The summed E-state index contributed by atoms with van der Waals surface area (Å²) in [5, 5.41) is 0. The van der Waals surface area contributed by atoms with Gasteiger partial charge in [-0.25, -0.2) is 14.5 Å². The third-order valence-electron chi connectivity index (χ3n) is 9.39. The number of carbonyl (C=O) groups excluding carboxylic acids is 2. The van der Waals surface area contributed by atoms with Gasteiger partial charge < -0.3 is 14.2 Å². The molecule has 2 amide bonds. The molecular weight excluding hydrogens is 685 g/mol. The molecule has 0 radical (unpaired) electrons. The van der Waals surface area contributed by atoms with Crippen molar-refractivity contribution in [1.82, 2.24) is 9.80 Å². The Kier molecular flexibility index (Phi) is 18.5. The molecule has 0 saturated heterocycles. The predicted octanol–water partition coefficient (Wildman–Crippen LogP) is 12.8. The Labute approximate surface area is 333 Å². The van der Waals surface area contributed by atoms with Crippen LogP contribution in [-0.4, -0.2) is 58.4 Å². The van der Waals surface area contributed by atoms with E-state index in [4.69, 9.17) is 14.2 Å². The minimum absolute atomic E-state index is 0.195. The summed E-state index contributed by atoms with van der Waals surface area (Å²) >= 11 is 0. The van der Waals surface area contributed by atoms with E-state index >= 15 is 0 Å². The molecule has 55 heavy (non-hydrogen) atoms. The Morgan fingerprint density at radius 2 is 1.22 bits per heavy atom. The van der Waals surface area contributed by atoms with Crippen molar-refractivity contribution in [2.75, 3.05) is 13.1 Å². The number of nitrogens with zero attached hydrogens (tertiary/aromatic N) is 2. The Morgan fingerprint density at radius 1 is 0.673 bits per heavy atom. The van der Waals surface area contributed by atoms with Gasteiger partial charge in [-0.2, -0.15) is 0 Å². The van der Waals surface area contributed by atoms with Crippen molar-refractivity contribution >= 4 is 18.3 Å². The number of ether oxygens (including phenoxy) is 3. The van der Waals surface area contributed by atoms with Gasteiger partial charge >= 0.3 is 12.2 Å². The summed E-state index contributed by atoms with van der Waals surface area (Å²) in [5.74, 6) is 1.14. The third-order valence-corrected chi connectivity index (χ3v) is 9.39. The molecular formula is C48H70N2O5. The van der Waals surface area contributed by atoms with E-state index < -0.39 is 23.4 Å². The lowest BCUT2D eigenvalue weighted by atomic mass is 9.86. The lowest BCUT2D eigenvalue weighted by Crippen LogP contribution is -2.44. The second-order valence-corrected chi connectivity index (χ2v) is 17.2. The molecule has 7 heteroatoms. The standard InChI is InChI=1S/C48H70N2O5/c1-37(2)49(38(3)4)34-32-42(41-28-22-18-23-29-41)43-35-39(30-31-44(43)53-36-40-26-20-17-21-27-40)25-19-15-13-11-12-14-16-24-33-50(45(51)54-47(5,6)7)46(52)55-48(8,9)10/h17-23,25-31,35,37-38,42H,11-16,24,32-34,36H2,1-10H3/b25-19+/t42-/m1/s1. The van der Waals surface area contributed by atoms with Crippen LogP contribution in [0.1, 0.15) is 149 Å². The van der Waals surface area contributed by atoms with Gasteiger partial charge in [0.1, 0.15) is 23.6 Å². The summed E-state index contributed by atoms with van der Waals surface area (Å²) in [5.41, 5.74) is 3.50. The number of benzene rings is 3. The molecule has 0 aromatic heterocycles. The van der Waals surface area contributed by atoms with Crippen molar-refractivity contribution in [1.29, 1.82) is 0 Å². The SMILES string of the molecule is CC(C)N(CC[C@H](c1ccccc1)c1cc(/C=C/CCCCCCCCN(C(=O)OC(C)(C)C)C(=O)OC(C)(C)C)ccc1OCc1ccccc1)C(C)C. The van der Waals surface area contributed by atoms with Crippen molar-refractivity contribution < 1.29 is 23.8 Å². The Hall–Kier alpha value is -4.10. The Bertz CT molecular complexity index is 1550. The number of hydrogen-bond donors (Lipinski definition) is 0. The molecule has 0 aliphatic carbocycles. The molecule has 0 aliphatic heterocycles. The molecule has 3 aromatic rings. The van der Waals surface area contributed by atoms with Crippen LogP contribution in [0.25, 0.3) is 6.08 Å². The monoisotopic (exact) mass is 755 g/mol. The average molecular weight is 755 g/mol. The highest BCUT2D eigenvalue weighted by Gasteiger charge is 2.30. The summed E-state index contributed by atoms with van der Waals surface area (Å²) in [7, 11) is 0. The first-order chi connectivity index (χ1) is 26.0. The van der Waals surface area contributed by atoms with Gasteiger partial charge in [-0.15, -0.1) is 0 Å². The number of amides is 2. The molecule has 3 aromatic carbocycles. The maximum Gasteiger partial charge on any atom is 0.419 e. The first kappa shape index (κ1) is 45.3. The van der Waals surface area contributed by atoms with E-state index in [1.54, 1.807) is 41.5 Å². The summed E-state index contributed by atoms with van der Waals surface area (Å²) in [4.78, 5) is 29.2. The average Bonchev–Trinajstić information content (AvgIpc) is 3.10. The normalized spacial score (nSPS) is 12.7. The summed E-state index contributed by atoms with van der Waals surface area (Å²) in [6.45, 7) is 21.7. The zero-order valence-electron chi connectivity index (χ0n) is 35.6. The number of allylic oxidation sites excluding steroid dienone is 1. The molecule has 0 heterocycles. The molecule has 7 nitrogen and oxygen atoms in total. The smallest absolute Gasteiger partial charge is 0.419 e. The molecule has 0 unspecified atom stereocenters. The van der Waals surface area contributed by atoms with Gasteiger partial charge in [0.25, 0.3) is 0 Å². The van der Waals surface area contributed by atoms with E-state index in [-0.39, 0.29) is 12.5 Å². The third kappa shape index (κ3) is 17.1. The molecule has 0 N–H and O–H groups in total. The van der Waals surface area contributed by atoms with E-state index in [1.807, 2.05) is 6.07 Å². The maximum atomic E-state index is 12.8. The lowest BCUT2D eigenvalue weighted by molar-refractivity contribution is 0.00117. The van der Waals surface area contributed by atoms with Crippen molar-refractivity contribution in [3.63, 3.8) is 0 Å². The van der Waals surface area contributed by atoms with Crippen LogP contribution in [0, 0.1) is 0 Å². The highest BCUT2D eigenvalue weighted by Crippen LogP contribution is 2.37. The second kappa shape index (κ2) is 22.5. The topological polar surface area (TPSA) is 68.3 Å². The number of imide groups is 1. The fraction of sp³-hybridized carbons (Fsp3) is 0.542. The van der Waals surface area contributed by atoms with Gasteiger partial charge in [-0.3, -0.25) is 4.90 Å². The van der Waals surface area contributed by atoms with Gasteiger partial charge in [0.15, 0.2) is 0 Å². The zero-order chi connectivity index (χ0) is 40.4. The molecule has 0 fully saturated rings. The van der Waals surface area contributed by atoms with Crippen molar-refractivity contribution in [3.05, 3.63) is 107 Å². The van der Waals surface area contributed by atoms with Gasteiger partial charge in [-0.1, -0.05) is 105 Å². The van der Waals surface area contributed by atoms with Gasteiger partial charge in [0.05, 0.1) is 0 Å². The van der Waals surface area contributed by atoms with Crippen LogP contribution < -0.4 is 4.74 Å². The highest BCUT2D eigenvalue weighted by atomic mass is 16.6. The first-order valence-corrected chi connectivity index (χ1v) is 20.6. The van der Waals surface area contributed by atoms with Crippen molar-refractivity contribution in [2.24, 2.45) is 0 Å². The molecule has 0 bridgehead atoms. The molecule has 1 atom stereocenters. The Balaban J connectivity index is 1.62. The van der Waals surface area contributed by atoms with Gasteiger partial charge in [0.2, 0.25) is 0 Å². The summed E-state index contributed by atoms with van der Waals surface area (Å²) in [6.07, 6.45) is 11.2. The number of unbranched alkanes of at least 4 members (excludes halogenated alkanes) is 6. The van der Waals surface area contributed by atoms with Crippen LogP contribution in [0.3, 0.4) is 0 Å². The zero-order valence-corrected chi connectivity index (χ0v) is 35.6. The number of carbonyl (C=O) groups is 2. The molecule has 3 rings (SSSR count). The quantitative estimate of drug-likeness (QED) is 0.107.